The van der Waals surface area contributed by atoms with Crippen molar-refractivity contribution in [3.05, 3.63) is 0 Å². The molecular weight excluding hydrogens is 192 g/mol. The molecule has 1 aliphatic rings. The van der Waals surface area contributed by atoms with Crippen LogP contribution in [0.3, 0.4) is 0 Å². The highest BCUT2D eigenvalue weighted by Crippen LogP contribution is 2.18. The van der Waals surface area contributed by atoms with Crippen molar-refractivity contribution in [1.29, 1.82) is 0 Å². The van der Waals surface area contributed by atoms with E-state index < -0.39 is 6.10 Å². The fourth-order valence-corrected chi connectivity index (χ4v) is 2.23. The molecule has 88 valence electrons. The second-order valence-corrected chi connectivity index (χ2v) is 4.52. The zero-order valence-corrected chi connectivity index (χ0v) is 9.86. The van der Waals surface area contributed by atoms with E-state index >= 15 is 0 Å². The van der Waals surface area contributed by atoms with Crippen LogP contribution in [-0.2, 0) is 4.79 Å². The Hall–Kier alpha value is -0.610. The first-order valence-electron chi connectivity index (χ1n) is 5.70. The predicted octanol–water partition coefficient (Wildman–Crippen LogP) is 0.214. The summed E-state index contributed by atoms with van der Waals surface area (Å²) < 4.78 is 0. The first kappa shape index (κ1) is 12.5. The van der Waals surface area contributed by atoms with E-state index in [0.29, 0.717) is 12.5 Å². The van der Waals surface area contributed by atoms with Crippen molar-refractivity contribution in [1.82, 2.24) is 10.2 Å². The van der Waals surface area contributed by atoms with Gasteiger partial charge in [-0.3, -0.25) is 4.79 Å². The minimum absolute atomic E-state index is 0.0914. The highest BCUT2D eigenvalue weighted by atomic mass is 16.3. The molecule has 1 fully saturated rings. The van der Waals surface area contributed by atoms with Crippen molar-refractivity contribution in [3.8, 4) is 0 Å². The van der Waals surface area contributed by atoms with Gasteiger partial charge in [-0.15, -0.1) is 0 Å². The minimum Gasteiger partial charge on any atom is -0.392 e. The van der Waals surface area contributed by atoms with Gasteiger partial charge in [0.25, 0.3) is 0 Å². The summed E-state index contributed by atoms with van der Waals surface area (Å²) in [6.45, 7) is 5.04. The van der Waals surface area contributed by atoms with Crippen LogP contribution in [0.15, 0.2) is 0 Å². The molecule has 1 amide bonds. The van der Waals surface area contributed by atoms with E-state index in [-0.39, 0.29) is 11.9 Å². The number of carbonyl (C=O) groups is 1. The highest BCUT2D eigenvalue weighted by Gasteiger charge is 2.30. The molecule has 1 aliphatic heterocycles. The fourth-order valence-electron chi connectivity index (χ4n) is 2.23. The van der Waals surface area contributed by atoms with Gasteiger partial charge in [-0.2, -0.15) is 0 Å². The minimum atomic E-state index is -0.445. The molecule has 3 unspecified atom stereocenters. The second kappa shape index (κ2) is 5.47. The molecule has 0 spiro atoms. The second-order valence-electron chi connectivity index (χ2n) is 4.52. The van der Waals surface area contributed by atoms with Gasteiger partial charge in [0.2, 0.25) is 5.91 Å². The molecule has 15 heavy (non-hydrogen) atoms. The van der Waals surface area contributed by atoms with Gasteiger partial charge in [0.1, 0.15) is 0 Å². The molecule has 0 saturated carbocycles. The molecule has 0 aromatic heterocycles. The Kier molecular flexibility index (Phi) is 4.54. The number of likely N-dealkylation sites (N-methyl/N-ethyl adjacent to an activating group) is 1. The molecule has 0 aliphatic carbocycles. The molecular formula is C11H22N2O2. The van der Waals surface area contributed by atoms with Gasteiger partial charge < -0.3 is 15.3 Å². The summed E-state index contributed by atoms with van der Waals surface area (Å²) in [5, 5.41) is 12.4. The summed E-state index contributed by atoms with van der Waals surface area (Å²) in [6.07, 6.45) is 1.64. The lowest BCUT2D eigenvalue weighted by atomic mass is 9.98. The molecule has 0 aromatic rings. The van der Waals surface area contributed by atoms with Crippen molar-refractivity contribution in [2.45, 2.75) is 38.8 Å². The summed E-state index contributed by atoms with van der Waals surface area (Å²) in [5.41, 5.74) is 0. The number of carbonyl (C=O) groups excluding carboxylic acids is 1. The Morgan fingerprint density at radius 2 is 2.33 bits per heavy atom. The molecule has 1 saturated heterocycles. The van der Waals surface area contributed by atoms with Gasteiger partial charge in [0, 0.05) is 13.1 Å². The van der Waals surface area contributed by atoms with Crippen LogP contribution in [-0.4, -0.2) is 48.2 Å². The summed E-state index contributed by atoms with van der Waals surface area (Å²) in [7, 11) is 1.82. The maximum absolute atomic E-state index is 12.1. The zero-order valence-electron chi connectivity index (χ0n) is 9.86. The van der Waals surface area contributed by atoms with Crippen LogP contribution in [0.25, 0.3) is 0 Å². The Morgan fingerprint density at radius 3 is 2.87 bits per heavy atom. The average molecular weight is 214 g/mol. The number of rotatable bonds is 3. The molecule has 0 aromatic carbocycles. The Balaban J connectivity index is 2.69. The molecule has 0 radical (unpaired) electrons. The van der Waals surface area contributed by atoms with Gasteiger partial charge >= 0.3 is 0 Å². The maximum Gasteiger partial charge on any atom is 0.240 e. The standard InChI is InChI=1S/C11H22N2O2/c1-8-5-4-6-13(7-9(2)14)11(15)10(8)12-3/h8-10,12,14H,4-7H2,1-3H3. The normalized spacial score (nSPS) is 30.1. The van der Waals surface area contributed by atoms with Gasteiger partial charge in [0.05, 0.1) is 12.1 Å². The lowest BCUT2D eigenvalue weighted by Crippen LogP contribution is -2.48. The van der Waals surface area contributed by atoms with Crippen LogP contribution < -0.4 is 5.32 Å². The molecule has 0 bridgehead atoms. The van der Waals surface area contributed by atoms with E-state index in [1.807, 2.05) is 7.05 Å². The predicted molar refractivity (Wildman–Crippen MR) is 59.5 cm³/mol. The molecule has 4 nitrogen and oxygen atoms in total. The fraction of sp³-hybridized carbons (Fsp3) is 0.909. The van der Waals surface area contributed by atoms with Gasteiger partial charge in [0.15, 0.2) is 0 Å². The Morgan fingerprint density at radius 1 is 1.67 bits per heavy atom. The average Bonchev–Trinajstić information content (AvgIpc) is 2.27. The SMILES string of the molecule is CNC1C(=O)N(CC(C)O)CCCC1C. The van der Waals surface area contributed by atoms with E-state index in [4.69, 9.17) is 0 Å². The summed E-state index contributed by atoms with van der Waals surface area (Å²) in [6, 6.07) is -0.0914. The third kappa shape index (κ3) is 3.18. The number of likely N-dealkylation sites (tertiary alicyclic amines) is 1. The number of nitrogens with zero attached hydrogens (tertiary/aromatic N) is 1. The van der Waals surface area contributed by atoms with Crippen molar-refractivity contribution in [2.75, 3.05) is 20.1 Å². The Bertz CT molecular complexity index is 219. The van der Waals surface area contributed by atoms with E-state index in [1.54, 1.807) is 11.8 Å². The van der Waals surface area contributed by atoms with E-state index in [9.17, 15) is 9.90 Å². The van der Waals surface area contributed by atoms with E-state index in [0.717, 1.165) is 19.4 Å². The molecule has 4 heteroatoms. The number of aliphatic hydroxyl groups is 1. The zero-order chi connectivity index (χ0) is 11.4. The lowest BCUT2D eigenvalue weighted by Gasteiger charge is -2.26. The molecule has 2 N–H and O–H groups in total. The number of hydrogen-bond acceptors (Lipinski definition) is 3. The number of β-amino-alcohol motifs (C(OH)–C–C–N with tert-alkyl or cyclic N) is 1. The Labute approximate surface area is 91.6 Å². The van der Waals surface area contributed by atoms with Crippen LogP contribution in [0.4, 0.5) is 0 Å². The van der Waals surface area contributed by atoms with Gasteiger partial charge in [-0.1, -0.05) is 6.92 Å². The van der Waals surface area contributed by atoms with Crippen LogP contribution in [0.1, 0.15) is 26.7 Å². The van der Waals surface area contributed by atoms with Crippen molar-refractivity contribution < 1.29 is 9.90 Å². The number of hydrogen-bond donors (Lipinski definition) is 2. The monoisotopic (exact) mass is 214 g/mol. The first-order chi connectivity index (χ1) is 7.06. The molecule has 1 heterocycles. The number of aliphatic hydroxyl groups excluding tert-OH is 1. The van der Waals surface area contributed by atoms with E-state index in [1.165, 1.54) is 0 Å². The van der Waals surface area contributed by atoms with Crippen molar-refractivity contribution in [3.63, 3.8) is 0 Å². The third-order valence-corrected chi connectivity index (χ3v) is 3.03. The highest BCUT2D eigenvalue weighted by molar-refractivity contribution is 5.82. The first-order valence-corrected chi connectivity index (χ1v) is 5.70. The number of amides is 1. The van der Waals surface area contributed by atoms with Crippen LogP contribution in [0.2, 0.25) is 0 Å². The van der Waals surface area contributed by atoms with Crippen LogP contribution in [0, 0.1) is 5.92 Å². The molecule has 3 atom stereocenters. The molecule has 1 rings (SSSR count). The van der Waals surface area contributed by atoms with Crippen molar-refractivity contribution in [2.24, 2.45) is 5.92 Å². The van der Waals surface area contributed by atoms with Crippen LogP contribution in [0.5, 0.6) is 0 Å². The van der Waals surface area contributed by atoms with Gasteiger partial charge in [-0.25, -0.2) is 0 Å². The van der Waals surface area contributed by atoms with Gasteiger partial charge in [-0.05, 0) is 32.7 Å². The topological polar surface area (TPSA) is 52.6 Å². The summed E-state index contributed by atoms with van der Waals surface area (Å²) in [5.74, 6) is 0.505. The summed E-state index contributed by atoms with van der Waals surface area (Å²) >= 11 is 0. The lowest BCUT2D eigenvalue weighted by molar-refractivity contribution is -0.134. The maximum atomic E-state index is 12.1. The van der Waals surface area contributed by atoms with Crippen molar-refractivity contribution >= 4 is 5.91 Å². The van der Waals surface area contributed by atoms with E-state index in [2.05, 4.69) is 12.2 Å². The number of nitrogens with one attached hydrogen (secondary N) is 1. The largest absolute Gasteiger partial charge is 0.392 e. The van der Waals surface area contributed by atoms with Crippen LogP contribution >= 0.6 is 0 Å². The smallest absolute Gasteiger partial charge is 0.240 e. The summed E-state index contributed by atoms with van der Waals surface area (Å²) in [4.78, 5) is 13.8. The quantitative estimate of drug-likeness (QED) is 0.706. The third-order valence-electron chi connectivity index (χ3n) is 3.03.